The Labute approximate surface area is 192 Å². The largest absolute Gasteiger partial charge is 0.484 e. The number of carbonyl (C=O) groups excluding carboxylic acids is 1. The molecule has 3 saturated carbocycles. The molecule has 0 atom stereocenters. The molecule has 1 N–H and O–H groups in total. The van der Waals surface area contributed by atoms with Crippen LogP contribution >= 0.6 is 0 Å². The fourth-order valence-electron chi connectivity index (χ4n) is 4.30. The summed E-state index contributed by atoms with van der Waals surface area (Å²) in [5.74, 6) is -1.99. The van der Waals surface area contributed by atoms with E-state index in [2.05, 4.69) is 20.3 Å². The van der Waals surface area contributed by atoms with Crippen LogP contribution in [0.5, 0.6) is 11.8 Å². The molecule has 3 aliphatic rings. The number of benzene rings is 1. The molecule has 0 saturated heterocycles. The summed E-state index contributed by atoms with van der Waals surface area (Å²) in [4.78, 5) is 12.2. The number of nitrogens with one attached hydrogen (secondary N) is 1. The van der Waals surface area contributed by atoms with Crippen molar-refractivity contribution in [1.29, 1.82) is 0 Å². The van der Waals surface area contributed by atoms with Gasteiger partial charge < -0.3 is 23.9 Å². The molecule has 0 spiro atoms. The molecule has 15 heteroatoms. The number of hydrogen-bond acceptors (Lipinski definition) is 7. The Hall–Kier alpha value is -3.10. The molecule has 0 radical (unpaired) electrons. The summed E-state index contributed by atoms with van der Waals surface area (Å²) in [5.41, 5.74) is -2.41. The van der Waals surface area contributed by atoms with Gasteiger partial charge in [0.2, 0.25) is 5.89 Å². The SMILES string of the molecule is O=C(COc1ccc(C(F)(F)F)c(F)c1)NC12CC(c3nnc(OCCOCC(F)(F)F)o3)(C1)C2. The lowest BCUT2D eigenvalue weighted by molar-refractivity contribution is -0.175. The molecule has 1 aromatic carbocycles. The number of hydrogen-bond donors (Lipinski definition) is 1. The Balaban J connectivity index is 1.19. The normalized spacial score (nSPS) is 23.3. The molecule has 35 heavy (non-hydrogen) atoms. The quantitative estimate of drug-likeness (QED) is 0.384. The van der Waals surface area contributed by atoms with Crippen LogP contribution in [0.15, 0.2) is 22.6 Å². The molecular formula is C20H18F7N3O5. The molecule has 2 aromatic rings. The minimum absolute atomic E-state index is 0.212. The summed E-state index contributed by atoms with van der Waals surface area (Å²) in [6.45, 7) is -2.45. The summed E-state index contributed by atoms with van der Waals surface area (Å²) < 4.78 is 107. The molecule has 3 fully saturated rings. The second-order valence-corrected chi connectivity index (χ2v) is 8.46. The third kappa shape index (κ3) is 5.60. The molecule has 1 amide bonds. The first-order chi connectivity index (χ1) is 16.3. The monoisotopic (exact) mass is 513 g/mol. The fraction of sp³-hybridized carbons (Fsp3) is 0.550. The van der Waals surface area contributed by atoms with E-state index in [1.54, 1.807) is 0 Å². The van der Waals surface area contributed by atoms with Gasteiger partial charge in [-0.1, -0.05) is 5.10 Å². The molecule has 0 aliphatic heterocycles. The van der Waals surface area contributed by atoms with Gasteiger partial charge in [-0.15, -0.1) is 5.10 Å². The highest BCUT2D eigenvalue weighted by molar-refractivity contribution is 5.79. The van der Waals surface area contributed by atoms with Gasteiger partial charge >= 0.3 is 18.4 Å². The Morgan fingerprint density at radius 2 is 1.77 bits per heavy atom. The topological polar surface area (TPSA) is 95.7 Å². The van der Waals surface area contributed by atoms with Gasteiger partial charge in [0.15, 0.2) is 6.61 Å². The Morgan fingerprint density at radius 3 is 2.40 bits per heavy atom. The molecule has 2 bridgehead atoms. The first kappa shape index (κ1) is 25.0. The summed E-state index contributed by atoms with van der Waals surface area (Å²) in [6, 6.07) is 2.02. The first-order valence-electron chi connectivity index (χ1n) is 10.2. The van der Waals surface area contributed by atoms with Crippen molar-refractivity contribution in [2.75, 3.05) is 26.4 Å². The molecule has 8 nitrogen and oxygen atoms in total. The van der Waals surface area contributed by atoms with E-state index in [1.165, 1.54) is 0 Å². The van der Waals surface area contributed by atoms with Crippen molar-refractivity contribution in [1.82, 2.24) is 15.5 Å². The van der Waals surface area contributed by atoms with E-state index in [0.717, 1.165) is 6.07 Å². The van der Waals surface area contributed by atoms with Crippen molar-refractivity contribution in [2.24, 2.45) is 0 Å². The van der Waals surface area contributed by atoms with E-state index < -0.39 is 53.8 Å². The summed E-state index contributed by atoms with van der Waals surface area (Å²) >= 11 is 0. The van der Waals surface area contributed by atoms with E-state index in [4.69, 9.17) is 13.9 Å². The van der Waals surface area contributed by atoms with E-state index in [0.29, 0.717) is 31.4 Å². The van der Waals surface area contributed by atoms with Crippen molar-refractivity contribution in [2.45, 2.75) is 42.6 Å². The third-order valence-corrected chi connectivity index (χ3v) is 5.63. The van der Waals surface area contributed by atoms with Crippen molar-refractivity contribution in [3.8, 4) is 11.8 Å². The van der Waals surface area contributed by atoms with Gasteiger partial charge in [0.25, 0.3) is 5.91 Å². The van der Waals surface area contributed by atoms with Crippen molar-refractivity contribution in [3.63, 3.8) is 0 Å². The van der Waals surface area contributed by atoms with Crippen LogP contribution in [0.25, 0.3) is 0 Å². The standard InChI is InChI=1S/C20H18F7N3O5/c21-13-5-11(1-2-12(13)20(25,26)27)34-6-14(31)28-18-7-17(8-18,9-18)15-29-30-16(35-15)33-4-3-32-10-19(22,23)24/h1-2,5H,3-4,6-10H2,(H,28,31). The second-order valence-electron chi connectivity index (χ2n) is 8.46. The Kier molecular flexibility index (Phi) is 6.32. The zero-order valence-electron chi connectivity index (χ0n) is 17.8. The number of nitrogens with zero attached hydrogens (tertiary/aromatic N) is 2. The van der Waals surface area contributed by atoms with E-state index >= 15 is 0 Å². The lowest BCUT2D eigenvalue weighted by Gasteiger charge is -2.68. The van der Waals surface area contributed by atoms with Gasteiger partial charge in [-0.25, -0.2) is 4.39 Å². The molecule has 0 unspecified atom stereocenters. The molecule has 192 valence electrons. The lowest BCUT2D eigenvalue weighted by atomic mass is 9.39. The van der Waals surface area contributed by atoms with Gasteiger partial charge in [0.05, 0.1) is 17.6 Å². The fourth-order valence-corrected chi connectivity index (χ4v) is 4.30. The van der Waals surface area contributed by atoms with E-state index in [-0.39, 0.29) is 30.9 Å². The third-order valence-electron chi connectivity index (χ3n) is 5.63. The summed E-state index contributed by atoms with van der Waals surface area (Å²) in [6.07, 6.45) is -8.03. The maximum atomic E-state index is 13.6. The van der Waals surface area contributed by atoms with Gasteiger partial charge in [-0.2, -0.15) is 26.3 Å². The zero-order valence-corrected chi connectivity index (χ0v) is 17.8. The second kappa shape index (κ2) is 8.84. The van der Waals surface area contributed by atoms with Crippen molar-refractivity contribution < 1.29 is 54.2 Å². The summed E-state index contributed by atoms with van der Waals surface area (Å²) in [7, 11) is 0. The minimum Gasteiger partial charge on any atom is -0.484 e. The number of amides is 1. The smallest absolute Gasteiger partial charge is 0.419 e. The van der Waals surface area contributed by atoms with Crippen LogP contribution in [0, 0.1) is 5.82 Å². The van der Waals surface area contributed by atoms with Gasteiger partial charge in [0.1, 0.15) is 24.8 Å². The molecule has 1 heterocycles. The highest BCUT2D eigenvalue weighted by Crippen LogP contribution is 2.67. The highest BCUT2D eigenvalue weighted by atomic mass is 19.4. The van der Waals surface area contributed by atoms with Crippen LogP contribution in [0.4, 0.5) is 30.7 Å². The van der Waals surface area contributed by atoms with Crippen LogP contribution in [0.1, 0.15) is 30.7 Å². The van der Waals surface area contributed by atoms with Crippen molar-refractivity contribution >= 4 is 5.91 Å². The van der Waals surface area contributed by atoms with Gasteiger partial charge in [-0.3, -0.25) is 4.79 Å². The predicted octanol–water partition coefficient (Wildman–Crippen LogP) is 3.55. The first-order valence-corrected chi connectivity index (χ1v) is 10.2. The number of rotatable bonds is 10. The van der Waals surface area contributed by atoms with E-state index in [9.17, 15) is 35.5 Å². The number of carbonyl (C=O) groups is 1. The number of halogens is 7. The average Bonchev–Trinajstić information content (AvgIpc) is 3.14. The van der Waals surface area contributed by atoms with Crippen LogP contribution in [0.3, 0.4) is 0 Å². The number of alkyl halides is 6. The zero-order chi connectivity index (χ0) is 25.5. The predicted molar refractivity (Wildman–Crippen MR) is 100.0 cm³/mol. The van der Waals surface area contributed by atoms with Crippen LogP contribution in [-0.4, -0.2) is 54.2 Å². The Morgan fingerprint density at radius 1 is 1.06 bits per heavy atom. The van der Waals surface area contributed by atoms with Crippen LogP contribution in [-0.2, 0) is 21.1 Å². The molecular weight excluding hydrogens is 495 g/mol. The summed E-state index contributed by atoms with van der Waals surface area (Å²) in [5, 5.41) is 10.3. The lowest BCUT2D eigenvalue weighted by Crippen LogP contribution is -2.77. The molecule has 5 rings (SSSR count). The maximum absolute atomic E-state index is 13.6. The number of aromatic nitrogens is 2. The average molecular weight is 513 g/mol. The maximum Gasteiger partial charge on any atom is 0.419 e. The highest BCUT2D eigenvalue weighted by Gasteiger charge is 2.71. The van der Waals surface area contributed by atoms with Crippen molar-refractivity contribution in [3.05, 3.63) is 35.5 Å². The number of ether oxygens (including phenoxy) is 3. The van der Waals surface area contributed by atoms with Crippen LogP contribution < -0.4 is 14.8 Å². The molecule has 3 aliphatic carbocycles. The van der Waals surface area contributed by atoms with Crippen LogP contribution in [0.2, 0.25) is 0 Å². The molecule has 1 aromatic heterocycles. The van der Waals surface area contributed by atoms with Gasteiger partial charge in [0, 0.05) is 11.6 Å². The van der Waals surface area contributed by atoms with Gasteiger partial charge in [-0.05, 0) is 31.4 Å². The minimum atomic E-state index is -4.84. The Bertz CT molecular complexity index is 1070. The van der Waals surface area contributed by atoms with E-state index in [1.807, 2.05) is 0 Å².